The van der Waals surface area contributed by atoms with Crippen LogP contribution in [0.5, 0.6) is 5.75 Å². The molecule has 2 fully saturated rings. The van der Waals surface area contributed by atoms with Crippen molar-refractivity contribution in [3.05, 3.63) is 46.7 Å². The third kappa shape index (κ3) is 4.09. The van der Waals surface area contributed by atoms with Gasteiger partial charge in [0.2, 0.25) is 11.8 Å². The molecule has 160 valence electrons. The SMILES string of the molecule is COc1cccc(N2CC(C(=O)N3CCC(c4cccs4)S(=O)(=O)CC3)CC2=O)c1. The van der Waals surface area contributed by atoms with Crippen LogP contribution in [0.1, 0.15) is 23.0 Å². The van der Waals surface area contributed by atoms with E-state index in [4.69, 9.17) is 4.74 Å². The van der Waals surface area contributed by atoms with Crippen LogP contribution >= 0.6 is 11.3 Å². The van der Waals surface area contributed by atoms with Crippen molar-refractivity contribution < 1.29 is 22.7 Å². The number of nitrogens with zero attached hydrogens (tertiary/aromatic N) is 2. The zero-order valence-corrected chi connectivity index (χ0v) is 18.3. The number of rotatable bonds is 4. The van der Waals surface area contributed by atoms with Gasteiger partial charge in [-0.05, 0) is 30.0 Å². The van der Waals surface area contributed by atoms with E-state index >= 15 is 0 Å². The summed E-state index contributed by atoms with van der Waals surface area (Å²) in [6, 6.07) is 10.9. The van der Waals surface area contributed by atoms with Crippen LogP contribution < -0.4 is 9.64 Å². The molecule has 2 aliphatic rings. The minimum Gasteiger partial charge on any atom is -0.497 e. The van der Waals surface area contributed by atoms with Crippen molar-refractivity contribution in [2.45, 2.75) is 18.1 Å². The summed E-state index contributed by atoms with van der Waals surface area (Å²) in [5.74, 6) is -0.130. The molecule has 0 radical (unpaired) electrons. The van der Waals surface area contributed by atoms with Gasteiger partial charge in [-0.1, -0.05) is 12.1 Å². The van der Waals surface area contributed by atoms with Crippen LogP contribution in [-0.2, 0) is 19.4 Å². The first-order valence-corrected chi connectivity index (χ1v) is 12.5. The third-order valence-electron chi connectivity index (χ3n) is 5.75. The standard InChI is InChI=1S/C21H24N2O5S2/c1-28-17-5-2-4-16(13-17)23-14-15(12-20(23)24)21(25)22-8-7-19(18-6-3-10-29-18)30(26,27)11-9-22/h2-6,10,13,15,19H,7-9,11-12,14H2,1H3. The van der Waals surface area contributed by atoms with Gasteiger partial charge < -0.3 is 14.5 Å². The predicted octanol–water partition coefficient (Wildman–Crippen LogP) is 2.50. The molecule has 0 aliphatic carbocycles. The first-order valence-electron chi connectivity index (χ1n) is 9.87. The number of carbonyl (C=O) groups excluding carboxylic acids is 2. The molecule has 3 heterocycles. The lowest BCUT2D eigenvalue weighted by Gasteiger charge is -2.23. The number of anilines is 1. The Bertz CT molecular complexity index is 1040. The molecule has 7 nitrogen and oxygen atoms in total. The topological polar surface area (TPSA) is 84.0 Å². The van der Waals surface area contributed by atoms with Crippen LogP contribution in [0, 0.1) is 5.92 Å². The number of thiophene rings is 1. The highest BCUT2D eigenvalue weighted by Gasteiger charge is 2.39. The molecule has 2 atom stereocenters. The van der Waals surface area contributed by atoms with Gasteiger partial charge in [-0.2, -0.15) is 0 Å². The maximum atomic E-state index is 13.1. The van der Waals surface area contributed by atoms with Gasteiger partial charge in [0, 0.05) is 42.7 Å². The van der Waals surface area contributed by atoms with Gasteiger partial charge in [0.15, 0.2) is 9.84 Å². The minimum atomic E-state index is -3.32. The molecule has 0 saturated carbocycles. The molecule has 9 heteroatoms. The number of hydrogen-bond donors (Lipinski definition) is 0. The van der Waals surface area contributed by atoms with E-state index in [1.807, 2.05) is 23.6 Å². The molecule has 2 aliphatic heterocycles. The summed E-state index contributed by atoms with van der Waals surface area (Å²) >= 11 is 1.43. The molecule has 0 spiro atoms. The Kier molecular flexibility index (Phi) is 5.84. The zero-order valence-electron chi connectivity index (χ0n) is 16.7. The highest BCUT2D eigenvalue weighted by molar-refractivity contribution is 7.91. The molecule has 0 bridgehead atoms. The number of amides is 2. The fraction of sp³-hybridized carbons (Fsp3) is 0.429. The maximum Gasteiger partial charge on any atom is 0.228 e. The number of benzene rings is 1. The average molecular weight is 449 g/mol. The maximum absolute atomic E-state index is 13.1. The Hall–Kier alpha value is -2.39. The fourth-order valence-electron chi connectivity index (χ4n) is 4.12. The van der Waals surface area contributed by atoms with Crippen molar-refractivity contribution in [1.29, 1.82) is 0 Å². The number of ether oxygens (including phenoxy) is 1. The molecule has 2 aromatic rings. The smallest absolute Gasteiger partial charge is 0.228 e. The van der Waals surface area contributed by atoms with Crippen molar-refractivity contribution >= 4 is 38.7 Å². The molecular formula is C21H24N2O5S2. The first kappa shape index (κ1) is 20.9. The summed E-state index contributed by atoms with van der Waals surface area (Å²) in [5.41, 5.74) is 0.700. The summed E-state index contributed by atoms with van der Waals surface area (Å²) in [5, 5.41) is 1.31. The van der Waals surface area contributed by atoms with Crippen molar-refractivity contribution in [3.8, 4) is 5.75 Å². The van der Waals surface area contributed by atoms with E-state index in [0.29, 0.717) is 30.9 Å². The van der Waals surface area contributed by atoms with E-state index in [1.54, 1.807) is 35.1 Å². The van der Waals surface area contributed by atoms with Crippen LogP contribution in [0.25, 0.3) is 0 Å². The molecule has 1 aromatic carbocycles. The number of methoxy groups -OCH3 is 1. The molecule has 2 amide bonds. The van der Waals surface area contributed by atoms with Crippen molar-refractivity contribution in [3.63, 3.8) is 0 Å². The lowest BCUT2D eigenvalue weighted by molar-refractivity contribution is -0.135. The van der Waals surface area contributed by atoms with Gasteiger partial charge in [0.1, 0.15) is 5.75 Å². The number of hydrogen-bond acceptors (Lipinski definition) is 6. The van der Waals surface area contributed by atoms with E-state index in [2.05, 4.69) is 0 Å². The largest absolute Gasteiger partial charge is 0.497 e. The van der Waals surface area contributed by atoms with Crippen LogP contribution in [0.2, 0.25) is 0 Å². The minimum absolute atomic E-state index is 0.0540. The van der Waals surface area contributed by atoms with E-state index in [9.17, 15) is 18.0 Å². The second kappa shape index (κ2) is 8.39. The summed E-state index contributed by atoms with van der Waals surface area (Å²) < 4.78 is 30.7. The highest BCUT2D eigenvalue weighted by Crippen LogP contribution is 2.34. The quantitative estimate of drug-likeness (QED) is 0.718. The second-order valence-corrected chi connectivity index (χ2v) is 10.9. The molecular weight excluding hydrogens is 424 g/mol. The van der Waals surface area contributed by atoms with Crippen molar-refractivity contribution in [2.24, 2.45) is 5.92 Å². The normalized spacial score (nSPS) is 24.0. The number of sulfone groups is 1. The lowest BCUT2D eigenvalue weighted by Crippen LogP contribution is -2.39. The Morgan fingerprint density at radius 2 is 2.03 bits per heavy atom. The zero-order chi connectivity index (χ0) is 21.3. The molecule has 4 rings (SSSR count). The van der Waals surface area contributed by atoms with Gasteiger partial charge >= 0.3 is 0 Å². The highest BCUT2D eigenvalue weighted by atomic mass is 32.2. The van der Waals surface area contributed by atoms with E-state index in [-0.39, 0.29) is 30.5 Å². The molecule has 1 aromatic heterocycles. The van der Waals surface area contributed by atoms with Gasteiger partial charge in [-0.25, -0.2) is 8.42 Å². The van der Waals surface area contributed by atoms with Crippen molar-refractivity contribution in [2.75, 3.05) is 37.4 Å². The third-order valence-corrected chi connectivity index (χ3v) is 9.00. The first-order chi connectivity index (χ1) is 14.4. The van der Waals surface area contributed by atoms with Crippen LogP contribution in [0.4, 0.5) is 5.69 Å². The molecule has 0 N–H and O–H groups in total. The summed E-state index contributed by atoms with van der Waals surface area (Å²) in [6.07, 6.45) is 0.516. The summed E-state index contributed by atoms with van der Waals surface area (Å²) in [4.78, 5) is 29.8. The summed E-state index contributed by atoms with van der Waals surface area (Å²) in [6.45, 7) is 0.847. The Balaban J connectivity index is 1.46. The monoisotopic (exact) mass is 448 g/mol. The Morgan fingerprint density at radius 1 is 1.20 bits per heavy atom. The van der Waals surface area contributed by atoms with Crippen LogP contribution in [0.3, 0.4) is 0 Å². The predicted molar refractivity (Wildman–Crippen MR) is 115 cm³/mol. The molecule has 2 unspecified atom stereocenters. The van der Waals surface area contributed by atoms with Crippen LogP contribution in [0.15, 0.2) is 41.8 Å². The van der Waals surface area contributed by atoms with Gasteiger partial charge in [0.25, 0.3) is 0 Å². The second-order valence-electron chi connectivity index (χ2n) is 7.59. The Morgan fingerprint density at radius 3 is 2.77 bits per heavy atom. The van der Waals surface area contributed by atoms with E-state index < -0.39 is 21.0 Å². The van der Waals surface area contributed by atoms with E-state index in [0.717, 1.165) is 4.88 Å². The van der Waals surface area contributed by atoms with Gasteiger partial charge in [-0.3, -0.25) is 9.59 Å². The lowest BCUT2D eigenvalue weighted by atomic mass is 10.1. The number of carbonyl (C=O) groups is 2. The van der Waals surface area contributed by atoms with Gasteiger partial charge in [0.05, 0.1) is 24.0 Å². The molecule has 2 saturated heterocycles. The molecule has 30 heavy (non-hydrogen) atoms. The van der Waals surface area contributed by atoms with E-state index in [1.165, 1.54) is 11.3 Å². The van der Waals surface area contributed by atoms with Crippen molar-refractivity contribution in [1.82, 2.24) is 4.90 Å². The fourth-order valence-corrected chi connectivity index (χ4v) is 7.12. The van der Waals surface area contributed by atoms with Gasteiger partial charge in [-0.15, -0.1) is 11.3 Å². The van der Waals surface area contributed by atoms with Crippen LogP contribution in [-0.4, -0.2) is 57.6 Å². The summed E-state index contributed by atoms with van der Waals surface area (Å²) in [7, 11) is -1.76. The Labute approximate surface area is 180 Å². The average Bonchev–Trinajstić information content (AvgIpc) is 3.36.